The van der Waals surface area contributed by atoms with Crippen LogP contribution >= 0.6 is 28.7 Å². The van der Waals surface area contributed by atoms with Gasteiger partial charge in [0.1, 0.15) is 18.1 Å². The number of rotatable bonds is 5. The van der Waals surface area contributed by atoms with Gasteiger partial charge in [0.15, 0.2) is 17.4 Å². The number of nitrogens with one attached hydrogen (secondary N) is 1. The SMILES string of the molecule is Br.CC(=O)OCC1OC(SC(=N)N)C(N)C(OC(C)=O)C1OC(C)=O. The molecule has 0 spiro atoms. The van der Waals surface area contributed by atoms with E-state index < -0.39 is 47.7 Å². The molecular weight excluding hydrogens is 422 g/mol. The molecule has 1 saturated heterocycles. The molecular formula is C13H22BrN3O7S. The predicted octanol–water partition coefficient (Wildman–Crippen LogP) is -0.330. The average Bonchev–Trinajstić information content (AvgIpc) is 2.42. The summed E-state index contributed by atoms with van der Waals surface area (Å²) in [6.07, 6.45) is -3.04. The second-order valence-electron chi connectivity index (χ2n) is 5.05. The van der Waals surface area contributed by atoms with Crippen LogP contribution in [0.5, 0.6) is 0 Å². The first kappa shape index (κ1) is 23.6. The Morgan fingerprint density at radius 2 is 1.60 bits per heavy atom. The quantitative estimate of drug-likeness (QED) is 0.221. The van der Waals surface area contributed by atoms with Gasteiger partial charge in [-0.3, -0.25) is 19.8 Å². The summed E-state index contributed by atoms with van der Waals surface area (Å²) in [5.74, 6) is -1.83. The maximum Gasteiger partial charge on any atom is 0.303 e. The van der Waals surface area contributed by atoms with Crippen LogP contribution in [0.4, 0.5) is 0 Å². The van der Waals surface area contributed by atoms with E-state index in [1.165, 1.54) is 20.8 Å². The van der Waals surface area contributed by atoms with Gasteiger partial charge in [-0.2, -0.15) is 0 Å². The Bertz CT molecular complexity index is 506. The lowest BCUT2D eigenvalue weighted by atomic mass is 9.98. The van der Waals surface area contributed by atoms with Crippen molar-refractivity contribution in [2.24, 2.45) is 11.5 Å². The number of amidine groups is 1. The number of ether oxygens (including phenoxy) is 4. The summed E-state index contributed by atoms with van der Waals surface area (Å²) in [4.78, 5) is 33.8. The number of hydrogen-bond donors (Lipinski definition) is 3. The molecule has 1 aliphatic heterocycles. The summed E-state index contributed by atoms with van der Waals surface area (Å²) in [5, 5.41) is 7.10. The average molecular weight is 444 g/mol. The van der Waals surface area contributed by atoms with E-state index in [1.807, 2.05) is 0 Å². The Balaban J connectivity index is 0.00000576. The molecule has 1 aliphatic rings. The highest BCUT2D eigenvalue weighted by molar-refractivity contribution is 8.93. The van der Waals surface area contributed by atoms with Gasteiger partial charge in [-0.05, 0) is 0 Å². The van der Waals surface area contributed by atoms with E-state index in [0.717, 1.165) is 11.8 Å². The maximum atomic E-state index is 11.4. The zero-order chi connectivity index (χ0) is 18.4. The van der Waals surface area contributed by atoms with Crippen LogP contribution in [0.1, 0.15) is 20.8 Å². The standard InChI is InChI=1S/C13H21N3O7S.BrH/c1-5(17)20-4-8-10(21-6(2)18)11(22-7(3)19)9(14)12(23-8)24-13(15)16;/h8-12H,4,14H2,1-3H3,(H3,15,16);1H. The third-order valence-corrected chi connectivity index (χ3v) is 3.90. The van der Waals surface area contributed by atoms with Gasteiger partial charge in [-0.1, -0.05) is 11.8 Å². The summed E-state index contributed by atoms with van der Waals surface area (Å²) in [7, 11) is 0. The summed E-state index contributed by atoms with van der Waals surface area (Å²) in [5.41, 5.74) is 10.5. The lowest BCUT2D eigenvalue weighted by Crippen LogP contribution is -2.63. The van der Waals surface area contributed by atoms with Gasteiger partial charge >= 0.3 is 17.9 Å². The Labute approximate surface area is 159 Å². The van der Waals surface area contributed by atoms with E-state index in [9.17, 15) is 14.4 Å². The zero-order valence-corrected chi connectivity index (χ0v) is 16.5. The number of hydrogen-bond acceptors (Lipinski definition) is 10. The van der Waals surface area contributed by atoms with Crippen molar-refractivity contribution in [1.29, 1.82) is 5.41 Å². The normalized spacial score (nSPS) is 28.2. The first-order valence-electron chi connectivity index (χ1n) is 7.01. The summed E-state index contributed by atoms with van der Waals surface area (Å²) in [6.45, 7) is 3.32. The number of esters is 3. The van der Waals surface area contributed by atoms with E-state index in [4.69, 9.17) is 35.8 Å². The fraction of sp³-hybridized carbons (Fsp3) is 0.692. The van der Waals surface area contributed by atoms with Crippen molar-refractivity contribution >= 4 is 51.8 Å². The molecule has 0 radical (unpaired) electrons. The van der Waals surface area contributed by atoms with Crippen LogP contribution in [0.25, 0.3) is 0 Å². The van der Waals surface area contributed by atoms with Gasteiger partial charge in [-0.15, -0.1) is 17.0 Å². The first-order chi connectivity index (χ1) is 11.1. The number of thioether (sulfide) groups is 1. The van der Waals surface area contributed by atoms with E-state index in [-0.39, 0.29) is 28.8 Å². The van der Waals surface area contributed by atoms with Crippen molar-refractivity contribution < 1.29 is 33.3 Å². The van der Waals surface area contributed by atoms with Crippen molar-refractivity contribution in [2.75, 3.05) is 6.61 Å². The molecule has 12 heteroatoms. The van der Waals surface area contributed by atoms with Crippen LogP contribution in [0.15, 0.2) is 0 Å². The molecule has 0 bridgehead atoms. The topological polar surface area (TPSA) is 164 Å². The minimum atomic E-state index is -1.07. The van der Waals surface area contributed by atoms with E-state index in [1.54, 1.807) is 0 Å². The molecule has 5 unspecified atom stereocenters. The van der Waals surface area contributed by atoms with Gasteiger partial charge < -0.3 is 30.4 Å². The minimum absolute atomic E-state index is 0. The molecule has 1 heterocycles. The highest BCUT2D eigenvalue weighted by Gasteiger charge is 2.49. The fourth-order valence-electron chi connectivity index (χ4n) is 2.16. The largest absolute Gasteiger partial charge is 0.463 e. The highest BCUT2D eigenvalue weighted by Crippen LogP contribution is 2.31. The monoisotopic (exact) mass is 443 g/mol. The van der Waals surface area contributed by atoms with E-state index >= 15 is 0 Å². The Morgan fingerprint density at radius 1 is 1.08 bits per heavy atom. The molecule has 5 atom stereocenters. The molecule has 0 saturated carbocycles. The van der Waals surface area contributed by atoms with Crippen LogP contribution in [-0.2, 0) is 33.3 Å². The van der Waals surface area contributed by atoms with Crippen LogP contribution in [0.2, 0.25) is 0 Å². The van der Waals surface area contributed by atoms with Crippen LogP contribution in [0.3, 0.4) is 0 Å². The number of halogens is 1. The zero-order valence-electron chi connectivity index (χ0n) is 13.9. The van der Waals surface area contributed by atoms with E-state index in [0.29, 0.717) is 0 Å². The second kappa shape index (κ2) is 10.6. The Morgan fingerprint density at radius 3 is 2.04 bits per heavy atom. The summed E-state index contributed by atoms with van der Waals surface area (Å²) < 4.78 is 20.9. The summed E-state index contributed by atoms with van der Waals surface area (Å²) in [6, 6.07) is -0.916. The molecule has 0 aliphatic carbocycles. The lowest BCUT2D eigenvalue weighted by molar-refractivity contribution is -0.208. The molecule has 0 aromatic carbocycles. The molecule has 5 N–H and O–H groups in total. The number of carbonyl (C=O) groups is 3. The van der Waals surface area contributed by atoms with Crippen molar-refractivity contribution in [2.45, 2.75) is 50.6 Å². The molecule has 0 amide bonds. The highest BCUT2D eigenvalue weighted by atomic mass is 79.9. The van der Waals surface area contributed by atoms with Crippen molar-refractivity contribution in [3.8, 4) is 0 Å². The summed E-state index contributed by atoms with van der Waals surface area (Å²) >= 11 is 0.815. The fourth-order valence-corrected chi connectivity index (χ4v) is 2.92. The first-order valence-corrected chi connectivity index (χ1v) is 7.89. The Hall–Kier alpha value is -1.37. The van der Waals surface area contributed by atoms with E-state index in [2.05, 4.69) is 0 Å². The Kier molecular flexibility index (Phi) is 10.0. The van der Waals surface area contributed by atoms with Gasteiger partial charge in [0.05, 0.1) is 6.04 Å². The molecule has 25 heavy (non-hydrogen) atoms. The van der Waals surface area contributed by atoms with Gasteiger partial charge in [-0.25, -0.2) is 0 Å². The van der Waals surface area contributed by atoms with Crippen LogP contribution in [0, 0.1) is 5.41 Å². The smallest absolute Gasteiger partial charge is 0.303 e. The number of nitrogens with two attached hydrogens (primary N) is 2. The van der Waals surface area contributed by atoms with Crippen molar-refractivity contribution in [3.05, 3.63) is 0 Å². The predicted molar refractivity (Wildman–Crippen MR) is 94.2 cm³/mol. The minimum Gasteiger partial charge on any atom is -0.463 e. The molecule has 0 aromatic heterocycles. The van der Waals surface area contributed by atoms with Crippen LogP contribution < -0.4 is 11.5 Å². The molecule has 10 nitrogen and oxygen atoms in total. The van der Waals surface area contributed by atoms with Crippen molar-refractivity contribution in [3.63, 3.8) is 0 Å². The third-order valence-electron chi connectivity index (χ3n) is 2.99. The molecule has 144 valence electrons. The molecule has 1 fully saturated rings. The third kappa shape index (κ3) is 7.59. The maximum absolute atomic E-state index is 11.4. The number of carbonyl (C=O) groups excluding carboxylic acids is 3. The van der Waals surface area contributed by atoms with Gasteiger partial charge in [0, 0.05) is 20.8 Å². The van der Waals surface area contributed by atoms with Gasteiger partial charge in [0.2, 0.25) is 0 Å². The molecule has 0 aromatic rings. The van der Waals surface area contributed by atoms with Gasteiger partial charge in [0.25, 0.3) is 0 Å². The van der Waals surface area contributed by atoms with Crippen molar-refractivity contribution in [1.82, 2.24) is 0 Å². The molecule has 1 rings (SSSR count). The lowest BCUT2D eigenvalue weighted by Gasteiger charge is -2.43. The second-order valence-corrected chi connectivity index (χ2v) is 6.19. The van der Waals surface area contributed by atoms with Crippen LogP contribution in [-0.4, -0.2) is 59.5 Å².